The maximum atomic E-state index is 12.4. The Morgan fingerprint density at radius 2 is 2.05 bits per heavy atom. The molecule has 116 valence electrons. The Balaban J connectivity index is 2.89. The van der Waals surface area contributed by atoms with Crippen molar-refractivity contribution in [2.24, 2.45) is 0 Å². The average Bonchev–Trinajstić information content (AvgIpc) is 2.68. The summed E-state index contributed by atoms with van der Waals surface area (Å²) in [6.07, 6.45) is -4.61. The van der Waals surface area contributed by atoms with Crippen molar-refractivity contribution in [1.29, 1.82) is 0 Å². The molecule has 1 fully saturated rings. The van der Waals surface area contributed by atoms with Gasteiger partial charge in [-0.1, -0.05) is 0 Å². The van der Waals surface area contributed by atoms with Crippen molar-refractivity contribution in [1.82, 2.24) is 9.80 Å². The van der Waals surface area contributed by atoms with Gasteiger partial charge in [-0.2, -0.15) is 13.2 Å². The highest BCUT2D eigenvalue weighted by Gasteiger charge is 2.43. The number of alkyl halides is 3. The van der Waals surface area contributed by atoms with E-state index in [-0.39, 0.29) is 5.75 Å². The number of urea groups is 1. The summed E-state index contributed by atoms with van der Waals surface area (Å²) in [6, 6.07) is -2.18. The second-order valence-corrected chi connectivity index (χ2v) is 5.59. The summed E-state index contributed by atoms with van der Waals surface area (Å²) in [4.78, 5) is 24.5. The van der Waals surface area contributed by atoms with Gasteiger partial charge in [-0.05, 0) is 6.92 Å². The second-order valence-electron chi connectivity index (χ2n) is 4.24. The molecule has 0 spiro atoms. The zero-order valence-electron chi connectivity index (χ0n) is 10.6. The second kappa shape index (κ2) is 6.53. The fourth-order valence-electron chi connectivity index (χ4n) is 1.87. The van der Waals surface area contributed by atoms with E-state index in [2.05, 4.69) is 0 Å². The van der Waals surface area contributed by atoms with Gasteiger partial charge in [-0.3, -0.25) is 4.90 Å². The van der Waals surface area contributed by atoms with Crippen LogP contribution in [0.15, 0.2) is 0 Å². The highest BCUT2D eigenvalue weighted by atomic mass is 32.2. The third-order valence-corrected chi connectivity index (χ3v) is 3.96. The molecule has 0 saturated carbocycles. The zero-order chi connectivity index (χ0) is 15.5. The van der Waals surface area contributed by atoms with Crippen LogP contribution in [-0.2, 0) is 4.79 Å². The van der Waals surface area contributed by atoms with Gasteiger partial charge in [0.1, 0.15) is 12.6 Å². The Morgan fingerprint density at radius 3 is 2.50 bits per heavy atom. The number of carbonyl (C=O) groups excluding carboxylic acids is 1. The van der Waals surface area contributed by atoms with Crippen LogP contribution in [0.5, 0.6) is 0 Å². The number of carbonyl (C=O) groups is 2. The Kier molecular flexibility index (Phi) is 5.51. The first-order chi connectivity index (χ1) is 9.17. The van der Waals surface area contributed by atoms with Crippen LogP contribution in [0, 0.1) is 0 Å². The largest absolute Gasteiger partial charge is 0.480 e. The van der Waals surface area contributed by atoms with E-state index in [9.17, 15) is 22.8 Å². The maximum Gasteiger partial charge on any atom is 0.406 e. The van der Waals surface area contributed by atoms with E-state index in [1.165, 1.54) is 11.8 Å². The number of halogens is 3. The van der Waals surface area contributed by atoms with Crippen molar-refractivity contribution in [2.75, 3.05) is 25.4 Å². The first-order valence-electron chi connectivity index (χ1n) is 5.76. The minimum atomic E-state index is -4.61. The normalized spacial score (nSPS) is 22.9. The van der Waals surface area contributed by atoms with E-state index in [1.807, 2.05) is 0 Å². The standard InChI is InChI=1S/C10H15F3N2O4S/c1-6-15(7(4-20-6)8(17)18)9(19)14(2-3-16)5-10(11,12)13/h6-7,16H,2-5H2,1H3,(H,17,18). The number of amides is 2. The van der Waals surface area contributed by atoms with Crippen molar-refractivity contribution in [3.8, 4) is 0 Å². The van der Waals surface area contributed by atoms with Crippen molar-refractivity contribution >= 4 is 23.8 Å². The van der Waals surface area contributed by atoms with Crippen LogP contribution in [-0.4, -0.2) is 75.1 Å². The number of nitrogens with zero attached hydrogens (tertiary/aromatic N) is 2. The molecule has 0 bridgehead atoms. The van der Waals surface area contributed by atoms with Crippen LogP contribution < -0.4 is 0 Å². The summed E-state index contributed by atoms with van der Waals surface area (Å²) in [5.41, 5.74) is 0. The summed E-state index contributed by atoms with van der Waals surface area (Å²) >= 11 is 1.18. The lowest BCUT2D eigenvalue weighted by Gasteiger charge is -2.32. The van der Waals surface area contributed by atoms with Gasteiger partial charge in [0.25, 0.3) is 0 Å². The molecular weight excluding hydrogens is 301 g/mol. The summed E-state index contributed by atoms with van der Waals surface area (Å²) in [7, 11) is 0. The molecule has 1 aliphatic heterocycles. The molecule has 2 atom stereocenters. The number of hydrogen-bond acceptors (Lipinski definition) is 4. The predicted octanol–water partition coefficient (Wildman–Crippen LogP) is 0.811. The van der Waals surface area contributed by atoms with Gasteiger partial charge >= 0.3 is 18.2 Å². The quantitative estimate of drug-likeness (QED) is 0.802. The first-order valence-corrected chi connectivity index (χ1v) is 6.81. The third-order valence-electron chi connectivity index (χ3n) is 2.74. The molecule has 0 aromatic heterocycles. The Hall–Kier alpha value is -1.16. The van der Waals surface area contributed by atoms with Gasteiger partial charge in [0, 0.05) is 12.3 Å². The summed E-state index contributed by atoms with van der Waals surface area (Å²) in [5, 5.41) is 17.2. The van der Waals surface area contributed by atoms with Crippen LogP contribution in [0.1, 0.15) is 6.92 Å². The topological polar surface area (TPSA) is 81.1 Å². The number of hydrogen-bond donors (Lipinski definition) is 2. The fraction of sp³-hybridized carbons (Fsp3) is 0.800. The fourth-order valence-corrected chi connectivity index (χ4v) is 3.03. The summed E-state index contributed by atoms with van der Waals surface area (Å²) < 4.78 is 37.2. The molecule has 0 radical (unpaired) electrons. The Labute approximate surface area is 117 Å². The molecule has 2 N–H and O–H groups in total. The molecule has 20 heavy (non-hydrogen) atoms. The number of rotatable bonds is 4. The molecule has 2 amide bonds. The number of carboxylic acid groups (broad SMARTS) is 1. The van der Waals surface area contributed by atoms with Gasteiger partial charge in [0.05, 0.1) is 12.0 Å². The highest BCUT2D eigenvalue weighted by Crippen LogP contribution is 2.30. The molecule has 1 aliphatic rings. The molecule has 1 heterocycles. The van der Waals surface area contributed by atoms with Crippen molar-refractivity contribution in [3.05, 3.63) is 0 Å². The number of carboxylic acids is 1. The number of thioether (sulfide) groups is 1. The van der Waals surface area contributed by atoms with Crippen LogP contribution in [0.25, 0.3) is 0 Å². The van der Waals surface area contributed by atoms with E-state index >= 15 is 0 Å². The van der Waals surface area contributed by atoms with E-state index in [1.54, 1.807) is 6.92 Å². The third kappa shape index (κ3) is 4.17. The lowest BCUT2D eigenvalue weighted by molar-refractivity contribution is -0.144. The Morgan fingerprint density at radius 1 is 1.45 bits per heavy atom. The molecule has 2 unspecified atom stereocenters. The van der Waals surface area contributed by atoms with E-state index in [0.717, 1.165) is 4.90 Å². The number of aliphatic carboxylic acids is 1. The Bertz CT molecular complexity index is 380. The molecule has 0 aliphatic carbocycles. The van der Waals surface area contributed by atoms with E-state index in [4.69, 9.17) is 10.2 Å². The summed E-state index contributed by atoms with van der Waals surface area (Å²) in [6.45, 7) is -1.10. The molecule has 0 aromatic rings. The molecule has 6 nitrogen and oxygen atoms in total. The first kappa shape index (κ1) is 16.9. The van der Waals surface area contributed by atoms with Crippen molar-refractivity contribution in [2.45, 2.75) is 24.5 Å². The van der Waals surface area contributed by atoms with Crippen molar-refractivity contribution < 1.29 is 33.0 Å². The monoisotopic (exact) mass is 316 g/mol. The highest BCUT2D eigenvalue weighted by molar-refractivity contribution is 8.00. The van der Waals surface area contributed by atoms with Gasteiger partial charge < -0.3 is 15.1 Å². The van der Waals surface area contributed by atoms with Crippen LogP contribution in [0.3, 0.4) is 0 Å². The summed E-state index contributed by atoms with van der Waals surface area (Å²) in [5.74, 6) is -1.13. The lowest BCUT2D eigenvalue weighted by atomic mass is 10.3. The van der Waals surface area contributed by atoms with Crippen LogP contribution >= 0.6 is 11.8 Å². The molecular formula is C10H15F3N2O4S. The van der Waals surface area contributed by atoms with E-state index in [0.29, 0.717) is 4.90 Å². The van der Waals surface area contributed by atoms with Gasteiger partial charge in [-0.15, -0.1) is 11.8 Å². The van der Waals surface area contributed by atoms with Gasteiger partial charge in [0.15, 0.2) is 0 Å². The number of aliphatic hydroxyl groups excluding tert-OH is 1. The predicted molar refractivity (Wildman–Crippen MR) is 65.3 cm³/mol. The molecule has 1 rings (SSSR count). The SMILES string of the molecule is CC1SCC(C(=O)O)N1C(=O)N(CCO)CC(F)(F)F. The van der Waals surface area contributed by atoms with Crippen LogP contribution in [0.4, 0.5) is 18.0 Å². The molecule has 1 saturated heterocycles. The molecule has 0 aromatic carbocycles. The minimum absolute atomic E-state index is 0.126. The maximum absolute atomic E-state index is 12.4. The van der Waals surface area contributed by atoms with Gasteiger partial charge in [0.2, 0.25) is 0 Å². The van der Waals surface area contributed by atoms with Gasteiger partial charge in [-0.25, -0.2) is 9.59 Å². The van der Waals surface area contributed by atoms with E-state index < -0.39 is 49.3 Å². The van der Waals surface area contributed by atoms with Crippen LogP contribution in [0.2, 0.25) is 0 Å². The zero-order valence-corrected chi connectivity index (χ0v) is 11.4. The lowest BCUT2D eigenvalue weighted by Crippen LogP contribution is -2.53. The molecule has 10 heteroatoms. The minimum Gasteiger partial charge on any atom is -0.480 e. The van der Waals surface area contributed by atoms with Crippen molar-refractivity contribution in [3.63, 3.8) is 0 Å². The smallest absolute Gasteiger partial charge is 0.406 e. The number of aliphatic hydroxyl groups is 1. The average molecular weight is 316 g/mol.